The average molecular weight is 389 g/mol. The van der Waals surface area contributed by atoms with Gasteiger partial charge < -0.3 is 9.47 Å². The van der Waals surface area contributed by atoms with Crippen LogP contribution in [-0.2, 0) is 4.74 Å². The molecule has 3 heteroatoms. The number of esters is 1. The number of hydrogen-bond donors (Lipinski definition) is 0. The van der Waals surface area contributed by atoms with Crippen molar-refractivity contribution in [1.82, 2.24) is 0 Å². The first kappa shape index (κ1) is 22.8. The van der Waals surface area contributed by atoms with E-state index in [0.29, 0.717) is 12.2 Å². The van der Waals surface area contributed by atoms with Crippen LogP contribution >= 0.6 is 0 Å². The van der Waals surface area contributed by atoms with Crippen LogP contribution in [0.25, 0.3) is 0 Å². The molecule has 158 valence electrons. The van der Waals surface area contributed by atoms with Gasteiger partial charge in [-0.2, -0.15) is 0 Å². The van der Waals surface area contributed by atoms with E-state index >= 15 is 0 Å². The van der Waals surface area contributed by atoms with E-state index in [9.17, 15) is 4.79 Å². The molecule has 0 aromatic heterocycles. The van der Waals surface area contributed by atoms with Crippen LogP contribution in [0, 0.1) is 11.8 Å². The number of ether oxygens (including phenoxy) is 2. The molecule has 0 unspecified atom stereocenters. The van der Waals surface area contributed by atoms with E-state index in [-0.39, 0.29) is 5.97 Å². The molecule has 0 saturated heterocycles. The second-order valence-electron chi connectivity index (χ2n) is 8.33. The third kappa shape index (κ3) is 8.67. The summed E-state index contributed by atoms with van der Waals surface area (Å²) in [6, 6.07) is 7.27. The molecule has 1 aromatic rings. The molecule has 2 rings (SSSR count). The van der Waals surface area contributed by atoms with E-state index in [0.717, 1.165) is 30.6 Å². The zero-order chi connectivity index (χ0) is 20.0. The first-order valence-electron chi connectivity index (χ1n) is 11.6. The Morgan fingerprint density at radius 1 is 0.857 bits per heavy atom. The SMILES string of the molecule is CCCCCCCC1CCC(CCCOc2ccc(C(=O)OCC)cc2)CC1. The molecular weight excluding hydrogens is 348 g/mol. The highest BCUT2D eigenvalue weighted by atomic mass is 16.5. The Kier molecular flexibility index (Phi) is 11.1. The van der Waals surface area contributed by atoms with E-state index in [1.807, 2.05) is 19.1 Å². The molecule has 1 aliphatic rings. The molecule has 0 N–H and O–H groups in total. The second-order valence-corrected chi connectivity index (χ2v) is 8.33. The Balaban J connectivity index is 1.53. The lowest BCUT2D eigenvalue weighted by molar-refractivity contribution is 0.0526. The Morgan fingerprint density at radius 3 is 2.07 bits per heavy atom. The molecule has 28 heavy (non-hydrogen) atoms. The van der Waals surface area contributed by atoms with Crippen molar-refractivity contribution < 1.29 is 14.3 Å². The summed E-state index contributed by atoms with van der Waals surface area (Å²) < 4.78 is 10.8. The van der Waals surface area contributed by atoms with Gasteiger partial charge in [-0.25, -0.2) is 4.79 Å². The summed E-state index contributed by atoms with van der Waals surface area (Å²) in [7, 11) is 0. The molecule has 1 aliphatic carbocycles. The van der Waals surface area contributed by atoms with Gasteiger partial charge in [0.2, 0.25) is 0 Å². The van der Waals surface area contributed by atoms with Gasteiger partial charge in [0.25, 0.3) is 0 Å². The Labute approximate surface area is 172 Å². The first-order chi connectivity index (χ1) is 13.7. The summed E-state index contributed by atoms with van der Waals surface area (Å²) in [6.45, 7) is 5.26. The number of carbonyl (C=O) groups excluding carboxylic acids is 1. The lowest BCUT2D eigenvalue weighted by Crippen LogP contribution is -2.15. The fourth-order valence-corrected chi connectivity index (χ4v) is 4.31. The number of unbranched alkanes of at least 4 members (excludes halogenated alkanes) is 4. The quantitative estimate of drug-likeness (QED) is 0.265. The van der Waals surface area contributed by atoms with Crippen LogP contribution in [0.2, 0.25) is 0 Å². The lowest BCUT2D eigenvalue weighted by Gasteiger charge is -2.28. The minimum Gasteiger partial charge on any atom is -0.494 e. The summed E-state index contributed by atoms with van der Waals surface area (Å²) in [4.78, 5) is 11.7. The largest absolute Gasteiger partial charge is 0.494 e. The second kappa shape index (κ2) is 13.6. The maximum atomic E-state index is 11.7. The van der Waals surface area contributed by atoms with Crippen molar-refractivity contribution >= 4 is 5.97 Å². The summed E-state index contributed by atoms with van der Waals surface area (Å²) in [5, 5.41) is 0. The highest BCUT2D eigenvalue weighted by molar-refractivity contribution is 5.89. The van der Waals surface area contributed by atoms with Gasteiger partial charge in [0, 0.05) is 0 Å². The van der Waals surface area contributed by atoms with Crippen LogP contribution in [0.5, 0.6) is 5.75 Å². The first-order valence-corrected chi connectivity index (χ1v) is 11.6. The van der Waals surface area contributed by atoms with Crippen molar-refractivity contribution in [3.8, 4) is 5.75 Å². The summed E-state index contributed by atoms with van der Waals surface area (Å²) in [5.74, 6) is 2.45. The molecular formula is C25H40O3. The monoisotopic (exact) mass is 388 g/mol. The van der Waals surface area contributed by atoms with E-state index < -0.39 is 0 Å². The highest BCUT2D eigenvalue weighted by Crippen LogP contribution is 2.34. The molecule has 1 fully saturated rings. The molecule has 0 bridgehead atoms. The van der Waals surface area contributed by atoms with Crippen molar-refractivity contribution in [2.45, 2.75) is 90.9 Å². The molecule has 1 aromatic carbocycles. The molecule has 0 atom stereocenters. The van der Waals surface area contributed by atoms with Crippen molar-refractivity contribution in [3.63, 3.8) is 0 Å². The van der Waals surface area contributed by atoms with Crippen molar-refractivity contribution in [2.24, 2.45) is 11.8 Å². The van der Waals surface area contributed by atoms with Gasteiger partial charge in [-0.05, 0) is 55.9 Å². The molecule has 0 radical (unpaired) electrons. The zero-order valence-corrected chi connectivity index (χ0v) is 18.1. The summed E-state index contributed by atoms with van der Waals surface area (Å²) in [6.07, 6.45) is 16.6. The van der Waals surface area contributed by atoms with Crippen LogP contribution < -0.4 is 4.74 Å². The highest BCUT2D eigenvalue weighted by Gasteiger charge is 2.20. The summed E-state index contributed by atoms with van der Waals surface area (Å²) in [5.41, 5.74) is 0.580. The van der Waals surface area contributed by atoms with Gasteiger partial charge in [-0.1, -0.05) is 71.1 Å². The molecule has 3 nitrogen and oxygen atoms in total. The van der Waals surface area contributed by atoms with Crippen LogP contribution in [0.15, 0.2) is 24.3 Å². The average Bonchev–Trinajstić information content (AvgIpc) is 2.73. The van der Waals surface area contributed by atoms with E-state index in [1.54, 1.807) is 12.1 Å². The van der Waals surface area contributed by atoms with E-state index in [1.165, 1.54) is 70.6 Å². The minimum atomic E-state index is -0.273. The van der Waals surface area contributed by atoms with Crippen molar-refractivity contribution in [1.29, 1.82) is 0 Å². The van der Waals surface area contributed by atoms with Crippen molar-refractivity contribution in [3.05, 3.63) is 29.8 Å². The number of carbonyl (C=O) groups is 1. The maximum Gasteiger partial charge on any atom is 0.338 e. The van der Waals surface area contributed by atoms with Gasteiger partial charge in [0.1, 0.15) is 5.75 Å². The predicted molar refractivity (Wildman–Crippen MR) is 116 cm³/mol. The van der Waals surface area contributed by atoms with Crippen molar-refractivity contribution in [2.75, 3.05) is 13.2 Å². The van der Waals surface area contributed by atoms with Crippen LogP contribution in [-0.4, -0.2) is 19.2 Å². The Bertz CT molecular complexity index is 529. The van der Waals surface area contributed by atoms with Gasteiger partial charge in [-0.15, -0.1) is 0 Å². The smallest absolute Gasteiger partial charge is 0.338 e. The maximum absolute atomic E-state index is 11.7. The molecule has 0 amide bonds. The standard InChI is InChI=1S/C25H40O3/c1-3-5-6-7-8-10-21-12-14-22(15-13-21)11-9-20-28-24-18-16-23(17-19-24)25(26)27-4-2/h16-19,21-22H,3-15,20H2,1-2H3. The Hall–Kier alpha value is -1.51. The van der Waals surface area contributed by atoms with E-state index in [2.05, 4.69) is 6.92 Å². The predicted octanol–water partition coefficient (Wildman–Crippen LogP) is 7.19. The fourth-order valence-electron chi connectivity index (χ4n) is 4.31. The topological polar surface area (TPSA) is 35.5 Å². The summed E-state index contributed by atoms with van der Waals surface area (Å²) >= 11 is 0. The van der Waals surface area contributed by atoms with Gasteiger partial charge in [0.05, 0.1) is 18.8 Å². The van der Waals surface area contributed by atoms with E-state index in [4.69, 9.17) is 9.47 Å². The lowest BCUT2D eigenvalue weighted by atomic mass is 9.78. The van der Waals surface area contributed by atoms with Crippen LogP contribution in [0.4, 0.5) is 0 Å². The van der Waals surface area contributed by atoms with Gasteiger partial charge in [-0.3, -0.25) is 0 Å². The molecule has 0 aliphatic heterocycles. The van der Waals surface area contributed by atoms with Gasteiger partial charge in [0.15, 0.2) is 0 Å². The number of hydrogen-bond acceptors (Lipinski definition) is 3. The molecule has 0 heterocycles. The minimum absolute atomic E-state index is 0.273. The molecule has 0 spiro atoms. The third-order valence-corrected chi connectivity index (χ3v) is 6.07. The van der Waals surface area contributed by atoms with Crippen LogP contribution in [0.1, 0.15) is 101 Å². The zero-order valence-electron chi connectivity index (χ0n) is 18.1. The fraction of sp³-hybridized carbons (Fsp3) is 0.720. The Morgan fingerprint density at radius 2 is 1.46 bits per heavy atom. The normalized spacial score (nSPS) is 19.4. The number of benzene rings is 1. The molecule has 1 saturated carbocycles. The van der Waals surface area contributed by atoms with Crippen LogP contribution in [0.3, 0.4) is 0 Å². The van der Waals surface area contributed by atoms with Gasteiger partial charge >= 0.3 is 5.97 Å². The third-order valence-electron chi connectivity index (χ3n) is 6.07. The number of rotatable bonds is 13.